The highest BCUT2D eigenvalue weighted by Gasteiger charge is 2.51. The van der Waals surface area contributed by atoms with E-state index < -0.39 is 5.41 Å². The molecule has 0 saturated carbocycles. The number of para-hydroxylation sites is 1. The highest BCUT2D eigenvalue weighted by Crippen LogP contribution is 2.63. The lowest BCUT2D eigenvalue weighted by Gasteiger charge is -2.34. The zero-order valence-electron chi connectivity index (χ0n) is 34.8. The molecule has 2 unspecified atom stereocenters. The number of fused-ring (bicyclic) bond motifs is 15. The number of aliphatic imine (C=N–C) groups is 1. The van der Waals surface area contributed by atoms with E-state index in [1.165, 1.54) is 93.4 Å². The summed E-state index contributed by atoms with van der Waals surface area (Å²) in [4.78, 5) is 5.50. The van der Waals surface area contributed by atoms with Crippen molar-refractivity contribution in [3.05, 3.63) is 257 Å². The Bertz CT molecular complexity index is 3700. The first-order valence-corrected chi connectivity index (χ1v) is 22.3. The lowest BCUT2D eigenvalue weighted by molar-refractivity contribution is 0.410. The highest BCUT2D eigenvalue weighted by atomic mass is 15.3. The highest BCUT2D eigenvalue weighted by molar-refractivity contribution is 6.14. The van der Waals surface area contributed by atoms with Crippen LogP contribution in [0.25, 0.3) is 71.3 Å². The molecule has 2 atom stereocenters. The average molecular weight is 817 g/mol. The monoisotopic (exact) mass is 816 g/mol. The molecular weight excluding hydrogens is 777 g/mol. The normalized spacial score (nSPS) is 16.7. The third-order valence-electron chi connectivity index (χ3n) is 14.3. The van der Waals surface area contributed by atoms with Crippen LogP contribution < -0.4 is 10.6 Å². The summed E-state index contributed by atoms with van der Waals surface area (Å²) in [5.41, 5.74) is 17.0. The summed E-state index contributed by atoms with van der Waals surface area (Å²) >= 11 is 0. The van der Waals surface area contributed by atoms with E-state index in [-0.39, 0.29) is 12.3 Å². The van der Waals surface area contributed by atoms with Gasteiger partial charge in [0.25, 0.3) is 0 Å². The van der Waals surface area contributed by atoms with E-state index in [0.717, 1.165) is 22.6 Å². The van der Waals surface area contributed by atoms with Crippen LogP contribution in [0.1, 0.15) is 51.3 Å². The second kappa shape index (κ2) is 13.5. The van der Waals surface area contributed by atoms with Crippen molar-refractivity contribution in [3.63, 3.8) is 0 Å². The second-order valence-electron chi connectivity index (χ2n) is 17.5. The Kier molecular flexibility index (Phi) is 7.48. The lowest BCUT2D eigenvalue weighted by atomic mass is 9.70. The molecule has 2 N–H and O–H groups in total. The van der Waals surface area contributed by atoms with Crippen molar-refractivity contribution in [1.29, 1.82) is 0 Å². The van der Waals surface area contributed by atoms with Crippen molar-refractivity contribution < 1.29 is 0 Å². The summed E-state index contributed by atoms with van der Waals surface area (Å²) in [5, 5.41) is 15.3. The van der Waals surface area contributed by atoms with E-state index in [0.29, 0.717) is 0 Å². The lowest BCUT2D eigenvalue weighted by Crippen LogP contribution is -2.45. The van der Waals surface area contributed by atoms with Gasteiger partial charge in [-0.05, 0) is 96.1 Å². The first-order chi connectivity index (χ1) is 31.7. The van der Waals surface area contributed by atoms with Gasteiger partial charge in [-0.15, -0.1) is 0 Å². The van der Waals surface area contributed by atoms with Crippen LogP contribution >= 0.6 is 0 Å². The fraction of sp³-hybridized carbons (Fsp3) is 0.0500. The second-order valence-corrected chi connectivity index (χ2v) is 17.5. The minimum Gasteiger partial charge on any atom is -0.350 e. The third-order valence-corrected chi connectivity index (χ3v) is 14.3. The van der Waals surface area contributed by atoms with Crippen molar-refractivity contribution in [3.8, 4) is 27.9 Å². The van der Waals surface area contributed by atoms with Gasteiger partial charge in [-0.3, -0.25) is 5.32 Å². The topological polar surface area (TPSA) is 41.4 Å². The number of hydrogen-bond acceptors (Lipinski definition) is 3. The molecule has 0 fully saturated rings. The molecule has 64 heavy (non-hydrogen) atoms. The van der Waals surface area contributed by atoms with Crippen molar-refractivity contribution in [1.82, 2.24) is 15.2 Å². The van der Waals surface area contributed by atoms with Crippen LogP contribution in [-0.2, 0) is 5.41 Å². The van der Waals surface area contributed by atoms with E-state index >= 15 is 0 Å². The molecule has 4 heteroatoms. The number of hydrogen-bond donors (Lipinski definition) is 2. The zero-order valence-corrected chi connectivity index (χ0v) is 34.8. The molecule has 300 valence electrons. The maximum Gasteiger partial charge on any atom is 0.131 e. The van der Waals surface area contributed by atoms with E-state index in [1.807, 2.05) is 0 Å². The van der Waals surface area contributed by atoms with Gasteiger partial charge in [0.2, 0.25) is 0 Å². The van der Waals surface area contributed by atoms with Crippen molar-refractivity contribution in [2.24, 2.45) is 4.99 Å². The molecule has 2 heterocycles. The smallest absolute Gasteiger partial charge is 0.131 e. The van der Waals surface area contributed by atoms with Crippen LogP contribution in [0.2, 0.25) is 0 Å². The first-order valence-electron chi connectivity index (χ1n) is 22.3. The Morgan fingerprint density at radius 1 is 0.422 bits per heavy atom. The largest absolute Gasteiger partial charge is 0.350 e. The number of amidine groups is 1. The molecule has 1 aromatic heterocycles. The van der Waals surface area contributed by atoms with Gasteiger partial charge in [0.15, 0.2) is 0 Å². The fourth-order valence-corrected chi connectivity index (χ4v) is 11.6. The maximum absolute atomic E-state index is 5.50. The van der Waals surface area contributed by atoms with Crippen LogP contribution in [0.5, 0.6) is 0 Å². The minimum atomic E-state index is -0.432. The Hall–Kier alpha value is -8.05. The molecule has 1 aliphatic heterocycles. The summed E-state index contributed by atoms with van der Waals surface area (Å²) in [5.74, 6) is 0.867. The number of benzene rings is 10. The van der Waals surface area contributed by atoms with Gasteiger partial charge in [-0.2, -0.15) is 0 Å². The molecule has 0 amide bonds. The Balaban J connectivity index is 0.941. The van der Waals surface area contributed by atoms with Crippen LogP contribution in [-0.4, -0.2) is 10.4 Å². The number of nitrogens with one attached hydrogen (secondary N) is 2. The zero-order chi connectivity index (χ0) is 41.9. The summed E-state index contributed by atoms with van der Waals surface area (Å²) < 4.78 is 2.46. The maximum atomic E-state index is 5.50. The first kappa shape index (κ1) is 35.5. The Labute approximate surface area is 370 Å². The number of aromatic nitrogens is 1. The van der Waals surface area contributed by atoms with Crippen LogP contribution in [0.15, 0.2) is 223 Å². The van der Waals surface area contributed by atoms with Gasteiger partial charge in [0, 0.05) is 21.7 Å². The van der Waals surface area contributed by atoms with Crippen molar-refractivity contribution in [2.75, 3.05) is 0 Å². The SMILES string of the molecule is c1ccc(C2=NC(c3ccc4c(c3)C3(c5ccccc5-c5ccccc53)c3ccccc3-4)NC(c3ccc(-n4c5ccccc5c5cc6ccccc6cc54)c4ccccc34)N2)cc1. The van der Waals surface area contributed by atoms with E-state index in [9.17, 15) is 0 Å². The molecule has 0 saturated heterocycles. The molecule has 11 aromatic rings. The van der Waals surface area contributed by atoms with Crippen LogP contribution in [0, 0.1) is 0 Å². The molecule has 3 aliphatic rings. The molecule has 0 radical (unpaired) electrons. The van der Waals surface area contributed by atoms with E-state index in [2.05, 4.69) is 234 Å². The van der Waals surface area contributed by atoms with Gasteiger partial charge in [0.1, 0.15) is 18.2 Å². The Morgan fingerprint density at radius 3 is 1.72 bits per heavy atom. The van der Waals surface area contributed by atoms with Gasteiger partial charge in [-0.1, -0.05) is 194 Å². The molecule has 10 aromatic carbocycles. The van der Waals surface area contributed by atoms with Gasteiger partial charge in [-0.25, -0.2) is 4.99 Å². The molecule has 1 spiro atoms. The molecular formula is C60H40N4. The molecule has 0 bridgehead atoms. The number of nitrogens with zero attached hydrogens (tertiary/aromatic N) is 2. The predicted molar refractivity (Wildman–Crippen MR) is 263 cm³/mol. The van der Waals surface area contributed by atoms with Gasteiger partial charge in [0.05, 0.1) is 22.1 Å². The van der Waals surface area contributed by atoms with Crippen molar-refractivity contribution in [2.45, 2.75) is 17.7 Å². The summed E-state index contributed by atoms with van der Waals surface area (Å²) in [6.07, 6.45) is -0.574. The fourth-order valence-electron chi connectivity index (χ4n) is 11.6. The predicted octanol–water partition coefficient (Wildman–Crippen LogP) is 13.8. The molecule has 2 aliphatic carbocycles. The van der Waals surface area contributed by atoms with Crippen molar-refractivity contribution >= 4 is 49.2 Å². The standard InChI is InChI=1S/C60H40N4/c1-2-16-37(17-3-1)57-61-58(40-30-31-45-44-23-10-14-28-52(44)60(53(45)35-40)50-26-12-8-21-42(50)43-22-9-13-27-51(43)60)63-59(62-57)48-32-33-55(46-24-7-6-20-41(46)48)64-54-29-15-11-25-47(54)49-34-38-18-4-5-19-39(38)36-56(49)64/h1-36,58-59,63H,(H,61,62). The number of rotatable bonds is 4. The quantitative estimate of drug-likeness (QED) is 0.186. The van der Waals surface area contributed by atoms with Gasteiger partial charge < -0.3 is 9.88 Å². The molecule has 4 nitrogen and oxygen atoms in total. The average Bonchev–Trinajstić information content (AvgIpc) is 3.96. The third kappa shape index (κ3) is 4.89. The minimum absolute atomic E-state index is 0.244. The van der Waals surface area contributed by atoms with Gasteiger partial charge >= 0.3 is 0 Å². The Morgan fingerprint density at radius 2 is 1.00 bits per heavy atom. The summed E-state index contributed by atoms with van der Waals surface area (Å²) in [6, 6.07) is 80.4. The van der Waals surface area contributed by atoms with Crippen LogP contribution in [0.4, 0.5) is 0 Å². The van der Waals surface area contributed by atoms with E-state index in [1.54, 1.807) is 0 Å². The molecule has 14 rings (SSSR count). The summed E-state index contributed by atoms with van der Waals surface area (Å²) in [6.45, 7) is 0. The van der Waals surface area contributed by atoms with Crippen LogP contribution in [0.3, 0.4) is 0 Å². The summed E-state index contributed by atoms with van der Waals surface area (Å²) in [7, 11) is 0. The van der Waals surface area contributed by atoms with E-state index in [4.69, 9.17) is 4.99 Å².